The lowest BCUT2D eigenvalue weighted by Gasteiger charge is -2.15. The zero-order chi connectivity index (χ0) is 15.1. The molecule has 1 amide bonds. The van der Waals surface area contributed by atoms with Crippen LogP contribution < -0.4 is 15.4 Å². The van der Waals surface area contributed by atoms with Crippen molar-refractivity contribution < 1.29 is 9.53 Å². The lowest BCUT2D eigenvalue weighted by atomic mass is 10.1. The molecule has 0 radical (unpaired) electrons. The molecule has 0 aliphatic heterocycles. The Bertz CT molecular complexity index is 584. The number of anilines is 1. The summed E-state index contributed by atoms with van der Waals surface area (Å²) in [6.45, 7) is 2.20. The van der Waals surface area contributed by atoms with E-state index in [9.17, 15) is 4.79 Å². The van der Waals surface area contributed by atoms with Gasteiger partial charge in [0, 0.05) is 5.69 Å². The van der Waals surface area contributed by atoms with Crippen LogP contribution in [-0.2, 0) is 4.79 Å². The number of benzene rings is 2. The number of carbonyl (C=O) groups excluding carboxylic acids is 1. The van der Waals surface area contributed by atoms with Crippen LogP contribution in [0.25, 0.3) is 0 Å². The van der Waals surface area contributed by atoms with Crippen molar-refractivity contribution >= 4 is 11.6 Å². The molecule has 0 saturated carbocycles. The second kappa shape index (κ2) is 7.33. The van der Waals surface area contributed by atoms with Crippen LogP contribution in [0.1, 0.15) is 18.5 Å². The second-order valence-corrected chi connectivity index (χ2v) is 4.79. The van der Waals surface area contributed by atoms with Gasteiger partial charge in [0.15, 0.2) is 0 Å². The Hall–Kier alpha value is -2.49. The van der Waals surface area contributed by atoms with Crippen LogP contribution in [0.2, 0.25) is 0 Å². The van der Waals surface area contributed by atoms with E-state index in [1.54, 1.807) is 7.11 Å². The lowest BCUT2D eigenvalue weighted by molar-refractivity contribution is -0.120. The molecule has 4 nitrogen and oxygen atoms in total. The normalized spacial score (nSPS) is 11.5. The maximum atomic E-state index is 11.9. The Kier molecular flexibility index (Phi) is 5.21. The van der Waals surface area contributed by atoms with E-state index in [1.165, 1.54) is 0 Å². The molecule has 2 N–H and O–H groups in total. The van der Waals surface area contributed by atoms with Crippen molar-refractivity contribution in [3.05, 3.63) is 60.2 Å². The van der Waals surface area contributed by atoms with Crippen LogP contribution in [0.3, 0.4) is 0 Å². The molecule has 0 aliphatic rings. The first kappa shape index (κ1) is 14.9. The zero-order valence-corrected chi connectivity index (χ0v) is 12.3. The largest absolute Gasteiger partial charge is 0.497 e. The smallest absolute Gasteiger partial charge is 0.239 e. The Morgan fingerprint density at radius 1 is 1.14 bits per heavy atom. The average molecular weight is 284 g/mol. The molecule has 2 aromatic carbocycles. The molecule has 0 aliphatic carbocycles. The molecule has 0 spiro atoms. The van der Waals surface area contributed by atoms with Crippen LogP contribution in [-0.4, -0.2) is 19.6 Å². The van der Waals surface area contributed by atoms with Crippen LogP contribution in [0.5, 0.6) is 5.75 Å². The van der Waals surface area contributed by atoms with Crippen LogP contribution >= 0.6 is 0 Å². The number of hydrogen-bond donors (Lipinski definition) is 2. The quantitative estimate of drug-likeness (QED) is 0.857. The van der Waals surface area contributed by atoms with E-state index in [0.717, 1.165) is 17.0 Å². The average Bonchev–Trinajstić information content (AvgIpc) is 2.54. The Morgan fingerprint density at radius 3 is 2.62 bits per heavy atom. The number of ether oxygens (including phenoxy) is 1. The molecule has 0 heterocycles. The first-order valence-electron chi connectivity index (χ1n) is 6.91. The van der Waals surface area contributed by atoms with Crippen molar-refractivity contribution in [2.45, 2.75) is 13.0 Å². The SMILES string of the molecule is COc1cccc([C@H](C)NC(=O)CNc2ccccc2)c1. The molecule has 2 aromatic rings. The Balaban J connectivity index is 1.87. The fraction of sp³-hybridized carbons (Fsp3) is 0.235. The van der Waals surface area contributed by atoms with Gasteiger partial charge in [-0.05, 0) is 36.8 Å². The van der Waals surface area contributed by atoms with E-state index in [2.05, 4.69) is 10.6 Å². The van der Waals surface area contributed by atoms with Crippen LogP contribution in [0.4, 0.5) is 5.69 Å². The lowest BCUT2D eigenvalue weighted by Crippen LogP contribution is -2.32. The van der Waals surface area contributed by atoms with E-state index >= 15 is 0 Å². The third kappa shape index (κ3) is 4.53. The highest BCUT2D eigenvalue weighted by molar-refractivity contribution is 5.81. The van der Waals surface area contributed by atoms with Gasteiger partial charge in [-0.3, -0.25) is 4.79 Å². The summed E-state index contributed by atoms with van der Waals surface area (Å²) in [6.07, 6.45) is 0. The van der Waals surface area contributed by atoms with Gasteiger partial charge in [0.1, 0.15) is 5.75 Å². The third-order valence-corrected chi connectivity index (χ3v) is 3.20. The highest BCUT2D eigenvalue weighted by Crippen LogP contribution is 2.18. The molecule has 0 aromatic heterocycles. The summed E-state index contributed by atoms with van der Waals surface area (Å²) in [7, 11) is 1.63. The Morgan fingerprint density at radius 2 is 1.90 bits per heavy atom. The van der Waals surface area contributed by atoms with Gasteiger partial charge in [0.25, 0.3) is 0 Å². The molecule has 110 valence electrons. The number of carbonyl (C=O) groups is 1. The maximum Gasteiger partial charge on any atom is 0.239 e. The van der Waals surface area contributed by atoms with Gasteiger partial charge in [0.2, 0.25) is 5.91 Å². The van der Waals surface area contributed by atoms with Gasteiger partial charge >= 0.3 is 0 Å². The Labute approximate surface area is 125 Å². The van der Waals surface area contributed by atoms with Crippen molar-refractivity contribution in [1.82, 2.24) is 5.32 Å². The van der Waals surface area contributed by atoms with Gasteiger partial charge in [-0.15, -0.1) is 0 Å². The van der Waals surface area contributed by atoms with Gasteiger partial charge in [-0.25, -0.2) is 0 Å². The summed E-state index contributed by atoms with van der Waals surface area (Å²) < 4.78 is 5.19. The summed E-state index contributed by atoms with van der Waals surface area (Å²) >= 11 is 0. The summed E-state index contributed by atoms with van der Waals surface area (Å²) in [5.41, 5.74) is 1.95. The van der Waals surface area contributed by atoms with Crippen molar-refractivity contribution in [1.29, 1.82) is 0 Å². The fourth-order valence-corrected chi connectivity index (χ4v) is 2.03. The maximum absolute atomic E-state index is 11.9. The van der Waals surface area contributed by atoms with E-state index in [-0.39, 0.29) is 18.5 Å². The topological polar surface area (TPSA) is 50.4 Å². The predicted octanol–water partition coefficient (Wildman–Crippen LogP) is 2.98. The van der Waals surface area contributed by atoms with E-state index in [1.807, 2.05) is 61.5 Å². The first-order chi connectivity index (χ1) is 10.2. The summed E-state index contributed by atoms with van der Waals surface area (Å²) in [6, 6.07) is 17.3. The van der Waals surface area contributed by atoms with Gasteiger partial charge in [0.05, 0.1) is 19.7 Å². The molecular weight excluding hydrogens is 264 g/mol. The van der Waals surface area contributed by atoms with Crippen LogP contribution in [0, 0.1) is 0 Å². The summed E-state index contributed by atoms with van der Waals surface area (Å²) in [5.74, 6) is 0.741. The molecular formula is C17H20N2O2. The number of hydrogen-bond acceptors (Lipinski definition) is 3. The van der Waals surface area contributed by atoms with Gasteiger partial charge in [-0.2, -0.15) is 0 Å². The first-order valence-corrected chi connectivity index (χ1v) is 6.91. The third-order valence-electron chi connectivity index (χ3n) is 3.20. The molecule has 4 heteroatoms. The van der Waals surface area contributed by atoms with Gasteiger partial charge < -0.3 is 15.4 Å². The van der Waals surface area contributed by atoms with Crippen molar-refractivity contribution in [2.24, 2.45) is 0 Å². The number of rotatable bonds is 6. The predicted molar refractivity (Wildman–Crippen MR) is 84.5 cm³/mol. The highest BCUT2D eigenvalue weighted by atomic mass is 16.5. The van der Waals surface area contributed by atoms with Crippen molar-refractivity contribution in [3.63, 3.8) is 0 Å². The number of para-hydroxylation sites is 1. The molecule has 2 rings (SSSR count). The van der Waals surface area contributed by atoms with E-state index < -0.39 is 0 Å². The summed E-state index contributed by atoms with van der Waals surface area (Å²) in [4.78, 5) is 11.9. The zero-order valence-electron chi connectivity index (χ0n) is 12.3. The molecule has 21 heavy (non-hydrogen) atoms. The van der Waals surface area contributed by atoms with Crippen LogP contribution in [0.15, 0.2) is 54.6 Å². The van der Waals surface area contributed by atoms with Crippen molar-refractivity contribution in [3.8, 4) is 5.75 Å². The minimum absolute atomic E-state index is 0.0471. The summed E-state index contributed by atoms with van der Waals surface area (Å²) in [5, 5.41) is 6.05. The van der Waals surface area contributed by atoms with Crippen molar-refractivity contribution in [2.75, 3.05) is 19.0 Å². The molecule has 0 fully saturated rings. The second-order valence-electron chi connectivity index (χ2n) is 4.79. The highest BCUT2D eigenvalue weighted by Gasteiger charge is 2.10. The fourth-order valence-electron chi connectivity index (χ4n) is 2.03. The number of amides is 1. The minimum atomic E-state index is -0.0647. The molecule has 0 unspecified atom stereocenters. The van der Waals surface area contributed by atoms with E-state index in [4.69, 9.17) is 4.74 Å². The monoisotopic (exact) mass is 284 g/mol. The minimum Gasteiger partial charge on any atom is -0.497 e. The standard InChI is InChI=1S/C17H20N2O2/c1-13(14-7-6-10-16(11-14)21-2)19-17(20)12-18-15-8-4-3-5-9-15/h3-11,13,18H,12H2,1-2H3,(H,19,20)/t13-/m0/s1. The van der Waals surface area contributed by atoms with E-state index in [0.29, 0.717) is 0 Å². The molecule has 1 atom stereocenters. The van der Waals surface area contributed by atoms with Gasteiger partial charge in [-0.1, -0.05) is 30.3 Å². The molecule has 0 saturated heterocycles. The number of nitrogens with one attached hydrogen (secondary N) is 2. The number of methoxy groups -OCH3 is 1. The molecule has 0 bridgehead atoms.